The van der Waals surface area contributed by atoms with Crippen LogP contribution in [0.25, 0.3) is 0 Å². The molecule has 25 heavy (non-hydrogen) atoms. The minimum absolute atomic E-state index is 0.0123. The number of amides is 1. The highest BCUT2D eigenvalue weighted by atomic mass is 35.5. The zero-order valence-corrected chi connectivity index (χ0v) is 15.8. The van der Waals surface area contributed by atoms with Gasteiger partial charge < -0.3 is 14.5 Å². The molecule has 0 unspecified atom stereocenters. The van der Waals surface area contributed by atoms with Crippen molar-refractivity contribution in [2.75, 3.05) is 59.5 Å². The number of nitrogens with one attached hydrogen (secondary N) is 1. The van der Waals surface area contributed by atoms with Crippen LogP contribution in [0.15, 0.2) is 23.1 Å². The highest BCUT2D eigenvalue weighted by Gasteiger charge is 2.30. The molecule has 0 spiro atoms. The summed E-state index contributed by atoms with van der Waals surface area (Å²) in [7, 11) is -1.65. The first-order valence-corrected chi connectivity index (χ1v) is 10.2. The number of quaternary nitrogens is 1. The molecule has 0 atom stereocenters. The Bertz CT molecular complexity index is 742. The topological polar surface area (TPSA) is 71.4 Å². The van der Waals surface area contributed by atoms with E-state index >= 15 is 0 Å². The average Bonchev–Trinajstić information content (AvgIpc) is 2.63. The van der Waals surface area contributed by atoms with E-state index in [1.165, 1.54) is 21.3 Å². The van der Waals surface area contributed by atoms with Crippen molar-refractivity contribution in [2.24, 2.45) is 0 Å². The van der Waals surface area contributed by atoms with E-state index in [-0.39, 0.29) is 28.9 Å². The monoisotopic (exact) mass is 388 g/mol. The van der Waals surface area contributed by atoms with Crippen molar-refractivity contribution >= 4 is 27.5 Å². The fraction of sp³-hybridized carbons (Fsp3) is 0.562. The Morgan fingerprint density at radius 2 is 1.80 bits per heavy atom. The molecule has 1 aromatic rings. The summed E-state index contributed by atoms with van der Waals surface area (Å²) in [6.45, 7) is 4.41. The SMILES string of the molecule is C[NH+]1CCN(C(=O)c2ccc(Cl)c(S(=O)(=O)N3CCOCC3)c2)CC1. The number of rotatable bonds is 3. The van der Waals surface area contributed by atoms with E-state index in [9.17, 15) is 13.2 Å². The number of nitrogens with zero attached hydrogens (tertiary/aromatic N) is 2. The maximum absolute atomic E-state index is 12.9. The summed E-state index contributed by atoms with van der Waals surface area (Å²) in [6.07, 6.45) is 0. The maximum atomic E-state index is 12.9. The van der Waals surface area contributed by atoms with Crippen LogP contribution >= 0.6 is 11.6 Å². The second-order valence-corrected chi connectivity index (χ2v) is 8.72. The molecule has 0 radical (unpaired) electrons. The molecular formula is C16H23ClN3O4S+. The van der Waals surface area contributed by atoms with Crippen LogP contribution in [0, 0.1) is 0 Å². The molecule has 2 aliphatic heterocycles. The summed E-state index contributed by atoms with van der Waals surface area (Å²) < 4.78 is 32.3. The fourth-order valence-corrected chi connectivity index (χ4v) is 4.94. The van der Waals surface area contributed by atoms with Gasteiger partial charge in [-0.2, -0.15) is 4.31 Å². The Balaban J connectivity index is 1.86. The number of carbonyl (C=O) groups is 1. The Morgan fingerprint density at radius 1 is 1.16 bits per heavy atom. The molecule has 7 nitrogen and oxygen atoms in total. The lowest BCUT2D eigenvalue weighted by Gasteiger charge is -2.30. The number of morpholine rings is 1. The number of ether oxygens (including phenoxy) is 1. The minimum Gasteiger partial charge on any atom is -0.379 e. The molecule has 2 fully saturated rings. The molecule has 1 aromatic carbocycles. The zero-order chi connectivity index (χ0) is 18.0. The van der Waals surface area contributed by atoms with Gasteiger partial charge in [0.2, 0.25) is 10.0 Å². The Morgan fingerprint density at radius 3 is 2.44 bits per heavy atom. The average molecular weight is 389 g/mol. The summed E-state index contributed by atoms with van der Waals surface area (Å²) >= 11 is 6.14. The van der Waals surface area contributed by atoms with Gasteiger partial charge in [-0.05, 0) is 18.2 Å². The summed E-state index contributed by atoms with van der Waals surface area (Å²) in [4.78, 5) is 15.9. The molecule has 9 heteroatoms. The smallest absolute Gasteiger partial charge is 0.254 e. The van der Waals surface area contributed by atoms with E-state index in [1.807, 2.05) is 0 Å². The number of carbonyl (C=O) groups excluding carboxylic acids is 1. The number of hydrogen-bond donors (Lipinski definition) is 1. The third kappa shape index (κ3) is 3.98. The molecule has 0 saturated carbocycles. The van der Waals surface area contributed by atoms with Gasteiger partial charge in [0.25, 0.3) is 5.91 Å². The maximum Gasteiger partial charge on any atom is 0.254 e. The first-order valence-electron chi connectivity index (χ1n) is 8.37. The minimum atomic E-state index is -3.74. The summed E-state index contributed by atoms with van der Waals surface area (Å²) in [6, 6.07) is 4.48. The van der Waals surface area contributed by atoms with Crippen LogP contribution in [0.3, 0.4) is 0 Å². The van der Waals surface area contributed by atoms with E-state index in [2.05, 4.69) is 7.05 Å². The van der Waals surface area contributed by atoms with Crippen LogP contribution in [0.4, 0.5) is 0 Å². The van der Waals surface area contributed by atoms with Crippen molar-refractivity contribution in [1.82, 2.24) is 9.21 Å². The third-order valence-corrected chi connectivity index (χ3v) is 7.05. The Kier molecular flexibility index (Phi) is 5.65. The molecule has 138 valence electrons. The van der Waals surface area contributed by atoms with Gasteiger partial charge in [-0.3, -0.25) is 4.79 Å². The van der Waals surface area contributed by atoms with Crippen molar-refractivity contribution in [3.05, 3.63) is 28.8 Å². The third-order valence-electron chi connectivity index (χ3n) is 4.67. The van der Waals surface area contributed by atoms with Crippen LogP contribution < -0.4 is 4.90 Å². The number of likely N-dealkylation sites (N-methyl/N-ethyl adjacent to an activating group) is 1. The number of hydrogen-bond acceptors (Lipinski definition) is 4. The highest BCUT2D eigenvalue weighted by molar-refractivity contribution is 7.89. The molecule has 0 bridgehead atoms. The first kappa shape index (κ1) is 18.6. The van der Waals surface area contributed by atoms with E-state index in [0.717, 1.165) is 13.1 Å². The lowest BCUT2D eigenvalue weighted by atomic mass is 10.2. The zero-order valence-electron chi connectivity index (χ0n) is 14.2. The predicted octanol–water partition coefficient (Wildman–Crippen LogP) is -0.669. The Hall–Kier alpha value is -1.19. The van der Waals surface area contributed by atoms with Crippen molar-refractivity contribution in [3.8, 4) is 0 Å². The lowest BCUT2D eigenvalue weighted by molar-refractivity contribution is -0.883. The molecule has 2 saturated heterocycles. The van der Waals surface area contributed by atoms with Gasteiger partial charge in [-0.25, -0.2) is 8.42 Å². The predicted molar refractivity (Wildman–Crippen MR) is 93.6 cm³/mol. The van der Waals surface area contributed by atoms with E-state index < -0.39 is 10.0 Å². The number of halogens is 1. The summed E-state index contributed by atoms with van der Waals surface area (Å²) in [5.41, 5.74) is 0.357. The fourth-order valence-electron chi connectivity index (χ4n) is 3.03. The molecule has 1 amide bonds. The quantitative estimate of drug-likeness (QED) is 0.745. The second-order valence-electron chi connectivity index (χ2n) is 6.41. The van der Waals surface area contributed by atoms with Crippen LogP contribution in [0.2, 0.25) is 5.02 Å². The van der Waals surface area contributed by atoms with Crippen molar-refractivity contribution in [1.29, 1.82) is 0 Å². The van der Waals surface area contributed by atoms with Crippen LogP contribution in [0.1, 0.15) is 10.4 Å². The molecule has 1 N–H and O–H groups in total. The largest absolute Gasteiger partial charge is 0.379 e. The molecule has 2 heterocycles. The van der Waals surface area contributed by atoms with Crippen molar-refractivity contribution in [3.63, 3.8) is 0 Å². The molecule has 2 aliphatic rings. The molecule has 3 rings (SSSR count). The van der Waals surface area contributed by atoms with Gasteiger partial charge >= 0.3 is 0 Å². The number of sulfonamides is 1. The van der Waals surface area contributed by atoms with E-state index in [4.69, 9.17) is 16.3 Å². The van der Waals surface area contributed by atoms with E-state index in [0.29, 0.717) is 31.9 Å². The normalized spacial score (nSPS) is 20.6. The van der Waals surface area contributed by atoms with Gasteiger partial charge in [0, 0.05) is 18.7 Å². The first-order chi connectivity index (χ1) is 11.9. The van der Waals surface area contributed by atoms with Crippen LogP contribution in [-0.4, -0.2) is 83.1 Å². The van der Waals surface area contributed by atoms with Gasteiger partial charge in [0.15, 0.2) is 0 Å². The number of piperazine rings is 1. The van der Waals surface area contributed by atoms with Gasteiger partial charge in [-0.1, -0.05) is 11.6 Å². The van der Waals surface area contributed by atoms with E-state index in [1.54, 1.807) is 11.0 Å². The number of benzene rings is 1. The van der Waals surface area contributed by atoms with Gasteiger partial charge in [0.1, 0.15) is 4.90 Å². The second kappa shape index (κ2) is 7.59. The lowest BCUT2D eigenvalue weighted by Crippen LogP contribution is -3.12. The molecular weight excluding hydrogens is 366 g/mol. The standard InChI is InChI=1S/C16H22ClN3O4S/c1-18-4-6-19(7-5-18)16(21)13-2-3-14(17)15(12-13)25(22,23)20-8-10-24-11-9-20/h2-3,12H,4-11H2,1H3/p+1. The van der Waals surface area contributed by atoms with Gasteiger partial charge in [0.05, 0.1) is 51.5 Å². The summed E-state index contributed by atoms with van der Waals surface area (Å²) in [5, 5.41) is 0.130. The Labute approximate surface area is 153 Å². The van der Waals surface area contributed by atoms with Crippen molar-refractivity contribution < 1.29 is 22.8 Å². The summed E-state index contributed by atoms with van der Waals surface area (Å²) in [5.74, 6) is -0.150. The highest BCUT2D eigenvalue weighted by Crippen LogP contribution is 2.27. The van der Waals surface area contributed by atoms with Crippen LogP contribution in [-0.2, 0) is 14.8 Å². The van der Waals surface area contributed by atoms with Crippen molar-refractivity contribution in [2.45, 2.75) is 4.90 Å². The van der Waals surface area contributed by atoms with Gasteiger partial charge in [-0.15, -0.1) is 0 Å². The molecule has 0 aliphatic carbocycles. The molecule has 0 aromatic heterocycles. The van der Waals surface area contributed by atoms with Crippen LogP contribution in [0.5, 0.6) is 0 Å².